The van der Waals surface area contributed by atoms with Crippen LogP contribution >= 0.6 is 24.2 Å². The Morgan fingerprint density at radius 3 is 2.70 bits per heavy atom. The Kier molecular flexibility index (Phi) is 2.57. The molecule has 0 aliphatic carbocycles. The summed E-state index contributed by atoms with van der Waals surface area (Å²) in [5.74, 6) is 0.199. The molecule has 0 amide bonds. The van der Waals surface area contributed by atoms with Gasteiger partial charge in [0.1, 0.15) is 5.82 Å². The number of rotatable bonds is 1. The van der Waals surface area contributed by atoms with E-state index in [1.807, 2.05) is 0 Å². The maximum atomic E-state index is 12.4. The van der Waals surface area contributed by atoms with Crippen molar-refractivity contribution in [2.24, 2.45) is 0 Å². The van der Waals surface area contributed by atoms with Crippen LogP contribution in [0.5, 0.6) is 0 Å². The molecule has 0 aliphatic heterocycles. The van der Waals surface area contributed by atoms with Crippen LogP contribution in [0.25, 0.3) is 0 Å². The van der Waals surface area contributed by atoms with Crippen molar-refractivity contribution in [1.82, 2.24) is 0 Å². The molecule has 54 valence electrons. The molecule has 0 nitrogen and oxygen atoms in total. The molecule has 0 saturated carbocycles. The molecule has 3 heteroatoms. The van der Waals surface area contributed by atoms with E-state index >= 15 is 0 Å². The largest absolute Gasteiger partial charge is 0.207 e. The van der Waals surface area contributed by atoms with Crippen LogP contribution in [0.4, 0.5) is 4.39 Å². The van der Waals surface area contributed by atoms with Crippen molar-refractivity contribution in [2.75, 3.05) is 0 Å². The summed E-state index contributed by atoms with van der Waals surface area (Å²) < 4.78 is 12.4. The van der Waals surface area contributed by atoms with Crippen LogP contribution in [0.15, 0.2) is 18.2 Å². The Bertz CT molecular complexity index is 237. The fourth-order valence-electron chi connectivity index (χ4n) is 0.664. The predicted molar refractivity (Wildman–Crippen MR) is 44.1 cm³/mol. The van der Waals surface area contributed by atoms with Gasteiger partial charge in [0.15, 0.2) is 0 Å². The first-order chi connectivity index (χ1) is 4.74. The van der Waals surface area contributed by atoms with Gasteiger partial charge in [0, 0.05) is 10.8 Å². The van der Waals surface area contributed by atoms with E-state index in [1.54, 1.807) is 0 Å². The van der Waals surface area contributed by atoms with Gasteiger partial charge in [-0.2, -0.15) is 12.6 Å². The van der Waals surface area contributed by atoms with Crippen molar-refractivity contribution in [3.05, 3.63) is 34.6 Å². The Morgan fingerprint density at radius 2 is 2.20 bits per heavy atom. The minimum atomic E-state index is -0.270. The zero-order chi connectivity index (χ0) is 7.56. The minimum absolute atomic E-state index is 0.270. The maximum Gasteiger partial charge on any atom is 0.123 e. The van der Waals surface area contributed by atoms with Gasteiger partial charge in [0.05, 0.1) is 0 Å². The average Bonchev–Trinajstić information content (AvgIpc) is 1.94. The van der Waals surface area contributed by atoms with E-state index in [4.69, 9.17) is 11.6 Å². The van der Waals surface area contributed by atoms with Crippen molar-refractivity contribution in [1.29, 1.82) is 0 Å². The highest BCUT2D eigenvalue weighted by molar-refractivity contribution is 7.79. The van der Waals surface area contributed by atoms with E-state index in [2.05, 4.69) is 12.6 Å². The second-order valence-electron chi connectivity index (χ2n) is 1.89. The number of benzene rings is 1. The third kappa shape index (κ3) is 1.64. The summed E-state index contributed by atoms with van der Waals surface area (Å²) in [6, 6.07) is 4.24. The summed E-state index contributed by atoms with van der Waals surface area (Å²) in [5.41, 5.74) is 0.727. The van der Waals surface area contributed by atoms with Crippen molar-refractivity contribution in [3.8, 4) is 0 Å². The first kappa shape index (κ1) is 7.89. The smallest absolute Gasteiger partial charge is 0.123 e. The van der Waals surface area contributed by atoms with E-state index < -0.39 is 0 Å². The van der Waals surface area contributed by atoms with Crippen LogP contribution in [0.3, 0.4) is 0 Å². The predicted octanol–water partition coefficient (Wildman–Crippen LogP) is 2.91. The molecule has 1 aromatic carbocycles. The van der Waals surface area contributed by atoms with Crippen LogP contribution in [-0.2, 0) is 5.75 Å². The molecule has 0 aromatic heterocycles. The van der Waals surface area contributed by atoms with E-state index in [0.29, 0.717) is 10.8 Å². The lowest BCUT2D eigenvalue weighted by Gasteiger charge is -1.97. The lowest BCUT2D eigenvalue weighted by Crippen LogP contribution is -1.81. The van der Waals surface area contributed by atoms with Gasteiger partial charge in [-0.1, -0.05) is 11.6 Å². The van der Waals surface area contributed by atoms with Gasteiger partial charge in [-0.25, -0.2) is 4.39 Å². The topological polar surface area (TPSA) is 0 Å². The lowest BCUT2D eigenvalue weighted by molar-refractivity contribution is 0.626. The second-order valence-corrected chi connectivity index (χ2v) is 2.62. The molecule has 0 N–H and O–H groups in total. The normalized spacial score (nSPS) is 9.90. The summed E-state index contributed by atoms with van der Waals surface area (Å²) in [4.78, 5) is 0. The van der Waals surface area contributed by atoms with Gasteiger partial charge >= 0.3 is 0 Å². The van der Waals surface area contributed by atoms with Crippen LogP contribution in [0.2, 0.25) is 5.02 Å². The Hall–Kier alpha value is -0.210. The van der Waals surface area contributed by atoms with Crippen LogP contribution in [-0.4, -0.2) is 0 Å². The molecule has 0 saturated heterocycles. The molecule has 0 aliphatic rings. The van der Waals surface area contributed by atoms with Gasteiger partial charge < -0.3 is 0 Å². The molecule has 0 radical (unpaired) electrons. The minimum Gasteiger partial charge on any atom is -0.207 e. The highest BCUT2D eigenvalue weighted by Gasteiger charge is 1.98. The van der Waals surface area contributed by atoms with E-state index in [1.165, 1.54) is 18.2 Å². The van der Waals surface area contributed by atoms with Crippen LogP contribution in [0, 0.1) is 5.82 Å². The Labute approximate surface area is 69.4 Å². The monoisotopic (exact) mass is 176 g/mol. The summed E-state index contributed by atoms with van der Waals surface area (Å²) >= 11 is 9.66. The van der Waals surface area contributed by atoms with Crippen LogP contribution < -0.4 is 0 Å². The molecule has 0 fully saturated rings. The molecule has 10 heavy (non-hydrogen) atoms. The SMILES string of the molecule is Fc1ccc(Cl)c(CS)c1. The first-order valence-electron chi connectivity index (χ1n) is 2.79. The highest BCUT2D eigenvalue weighted by atomic mass is 35.5. The number of hydrogen-bond donors (Lipinski definition) is 1. The zero-order valence-corrected chi connectivity index (χ0v) is 6.79. The molecule has 0 unspecified atom stereocenters. The average molecular weight is 177 g/mol. The molecule has 0 atom stereocenters. The summed E-state index contributed by atoms with van der Waals surface area (Å²) in [5, 5.41) is 0.566. The fraction of sp³-hybridized carbons (Fsp3) is 0.143. The van der Waals surface area contributed by atoms with Crippen molar-refractivity contribution >= 4 is 24.2 Å². The summed E-state index contributed by atoms with van der Waals surface area (Å²) in [6.07, 6.45) is 0. The van der Waals surface area contributed by atoms with Crippen molar-refractivity contribution in [2.45, 2.75) is 5.75 Å². The molecular weight excluding hydrogens is 171 g/mol. The lowest BCUT2D eigenvalue weighted by atomic mass is 10.2. The van der Waals surface area contributed by atoms with Gasteiger partial charge in [-0.05, 0) is 23.8 Å². The quantitative estimate of drug-likeness (QED) is 0.625. The number of hydrogen-bond acceptors (Lipinski definition) is 1. The molecular formula is C7H6ClFS. The molecule has 0 bridgehead atoms. The highest BCUT2D eigenvalue weighted by Crippen LogP contribution is 2.18. The standard InChI is InChI=1S/C7H6ClFS/c8-7-2-1-6(9)3-5(7)4-10/h1-3,10H,4H2. The molecule has 1 rings (SSSR count). The van der Waals surface area contributed by atoms with Gasteiger partial charge in [0.2, 0.25) is 0 Å². The second kappa shape index (κ2) is 3.26. The molecule has 1 aromatic rings. The van der Waals surface area contributed by atoms with Gasteiger partial charge in [-0.15, -0.1) is 0 Å². The maximum absolute atomic E-state index is 12.4. The number of thiol groups is 1. The van der Waals surface area contributed by atoms with Crippen LogP contribution in [0.1, 0.15) is 5.56 Å². The van der Waals surface area contributed by atoms with Crippen molar-refractivity contribution < 1.29 is 4.39 Å². The Balaban J connectivity index is 3.09. The number of halogens is 2. The van der Waals surface area contributed by atoms with E-state index in [9.17, 15) is 4.39 Å². The summed E-state index contributed by atoms with van der Waals surface area (Å²) in [6.45, 7) is 0. The molecule has 0 heterocycles. The van der Waals surface area contributed by atoms with Gasteiger partial charge in [0.25, 0.3) is 0 Å². The Morgan fingerprint density at radius 1 is 1.50 bits per heavy atom. The third-order valence-corrected chi connectivity index (χ3v) is 1.89. The zero-order valence-electron chi connectivity index (χ0n) is 5.14. The van der Waals surface area contributed by atoms with Crippen molar-refractivity contribution in [3.63, 3.8) is 0 Å². The third-order valence-electron chi connectivity index (χ3n) is 1.18. The fourth-order valence-corrected chi connectivity index (χ4v) is 1.20. The summed E-state index contributed by atoms with van der Waals surface area (Å²) in [7, 11) is 0. The van der Waals surface area contributed by atoms with E-state index in [-0.39, 0.29) is 5.82 Å². The first-order valence-corrected chi connectivity index (χ1v) is 3.80. The molecule has 0 spiro atoms. The van der Waals surface area contributed by atoms with Gasteiger partial charge in [-0.3, -0.25) is 0 Å². The van der Waals surface area contributed by atoms with E-state index in [0.717, 1.165) is 5.56 Å².